The lowest BCUT2D eigenvalue weighted by molar-refractivity contribution is 0.415. The normalized spacial score (nSPS) is 10.7. The zero-order valence-electron chi connectivity index (χ0n) is 11.0. The van der Waals surface area contributed by atoms with Gasteiger partial charge in [-0.1, -0.05) is 13.8 Å². The number of anilines is 1. The molecule has 0 unspecified atom stereocenters. The molecule has 0 amide bonds. The summed E-state index contributed by atoms with van der Waals surface area (Å²) in [6.07, 6.45) is 1.23. The van der Waals surface area contributed by atoms with Crippen LogP contribution in [0.5, 0.6) is 11.6 Å². The van der Waals surface area contributed by atoms with Crippen molar-refractivity contribution in [1.82, 2.24) is 9.97 Å². The highest BCUT2D eigenvalue weighted by Gasteiger charge is 2.17. The Balaban J connectivity index is 2.45. The monoisotopic (exact) mass is 280 g/mol. The highest BCUT2D eigenvalue weighted by Crippen LogP contribution is 2.33. The Hall–Kier alpha value is -2.28. The van der Waals surface area contributed by atoms with Crippen molar-refractivity contribution in [3.8, 4) is 11.6 Å². The van der Waals surface area contributed by atoms with Gasteiger partial charge in [0.1, 0.15) is 12.1 Å². The quantitative estimate of drug-likeness (QED) is 0.665. The molecule has 7 heteroatoms. The average Bonchev–Trinajstić information content (AvgIpc) is 2.42. The maximum Gasteiger partial charge on any atom is 0.228 e. The molecule has 0 saturated heterocycles. The van der Waals surface area contributed by atoms with Crippen LogP contribution >= 0.6 is 0 Å². The summed E-state index contributed by atoms with van der Waals surface area (Å²) in [5.41, 5.74) is 3.01. The second kappa shape index (κ2) is 5.79. The molecule has 2 aromatic rings. The topological polar surface area (TPSA) is 73.1 Å². The molecule has 0 aliphatic carbocycles. The highest BCUT2D eigenvalue weighted by molar-refractivity contribution is 5.50. The summed E-state index contributed by atoms with van der Waals surface area (Å²) in [6, 6.07) is 2.96. The molecule has 106 valence electrons. The summed E-state index contributed by atoms with van der Waals surface area (Å²) in [4.78, 5) is 7.92. The average molecular weight is 280 g/mol. The van der Waals surface area contributed by atoms with E-state index in [9.17, 15) is 8.78 Å². The molecular formula is C13H14F2N4O. The van der Waals surface area contributed by atoms with Crippen molar-refractivity contribution >= 4 is 5.82 Å². The number of hydrogen-bond acceptors (Lipinski definition) is 5. The predicted molar refractivity (Wildman–Crippen MR) is 70.4 cm³/mol. The van der Waals surface area contributed by atoms with Gasteiger partial charge in [0, 0.05) is 6.07 Å². The number of nitrogens with one attached hydrogen (secondary N) is 1. The molecule has 0 aliphatic heterocycles. The third kappa shape index (κ3) is 2.83. The molecule has 0 spiro atoms. The van der Waals surface area contributed by atoms with E-state index in [-0.39, 0.29) is 17.5 Å². The summed E-state index contributed by atoms with van der Waals surface area (Å²) >= 11 is 0. The van der Waals surface area contributed by atoms with Gasteiger partial charge in [-0.15, -0.1) is 0 Å². The lowest BCUT2D eigenvalue weighted by Crippen LogP contribution is -2.13. The van der Waals surface area contributed by atoms with Gasteiger partial charge < -0.3 is 10.2 Å². The van der Waals surface area contributed by atoms with Crippen molar-refractivity contribution in [1.29, 1.82) is 0 Å². The van der Waals surface area contributed by atoms with Crippen molar-refractivity contribution in [3.63, 3.8) is 0 Å². The van der Waals surface area contributed by atoms with E-state index in [0.29, 0.717) is 11.4 Å². The molecule has 2 rings (SSSR count). The van der Waals surface area contributed by atoms with Crippen LogP contribution in [-0.4, -0.2) is 9.97 Å². The van der Waals surface area contributed by atoms with E-state index in [4.69, 9.17) is 10.6 Å². The lowest BCUT2D eigenvalue weighted by Gasteiger charge is -2.15. The number of nitrogens with two attached hydrogens (primary N) is 1. The van der Waals surface area contributed by atoms with Crippen molar-refractivity contribution in [2.75, 3.05) is 5.43 Å². The number of halogens is 2. The maximum absolute atomic E-state index is 13.6. The van der Waals surface area contributed by atoms with Crippen LogP contribution in [-0.2, 0) is 0 Å². The molecule has 3 N–H and O–H groups in total. The molecule has 20 heavy (non-hydrogen) atoms. The number of ether oxygens (including phenoxy) is 1. The number of hydrazine groups is 1. The van der Waals surface area contributed by atoms with Crippen molar-refractivity contribution in [3.05, 3.63) is 41.7 Å². The van der Waals surface area contributed by atoms with Gasteiger partial charge in [0.2, 0.25) is 5.88 Å². The van der Waals surface area contributed by atoms with Gasteiger partial charge in [-0.25, -0.2) is 24.6 Å². The van der Waals surface area contributed by atoms with E-state index >= 15 is 0 Å². The first-order chi connectivity index (χ1) is 9.52. The fourth-order valence-corrected chi connectivity index (χ4v) is 1.76. The fourth-order valence-electron chi connectivity index (χ4n) is 1.76. The first kappa shape index (κ1) is 14.1. The molecule has 5 nitrogen and oxygen atoms in total. The Kier molecular flexibility index (Phi) is 4.09. The molecular weight excluding hydrogens is 266 g/mol. The SMILES string of the molecule is CC(C)c1c(NN)ncnc1Oc1cc(F)ccc1F. The highest BCUT2D eigenvalue weighted by atomic mass is 19.1. The third-order valence-corrected chi connectivity index (χ3v) is 2.66. The Labute approximate surface area is 114 Å². The van der Waals surface area contributed by atoms with Crippen LogP contribution in [0.4, 0.5) is 14.6 Å². The summed E-state index contributed by atoms with van der Waals surface area (Å²) in [5, 5.41) is 0. The van der Waals surface area contributed by atoms with Crippen molar-refractivity contribution in [2.45, 2.75) is 19.8 Å². The summed E-state index contributed by atoms with van der Waals surface area (Å²) in [7, 11) is 0. The number of nitrogens with zero attached hydrogens (tertiary/aromatic N) is 2. The molecule has 0 atom stereocenters. The van der Waals surface area contributed by atoms with Crippen molar-refractivity contribution < 1.29 is 13.5 Å². The molecule has 0 radical (unpaired) electrons. The van der Waals surface area contributed by atoms with Crippen LogP contribution in [0.25, 0.3) is 0 Å². The minimum atomic E-state index is -0.679. The van der Waals surface area contributed by atoms with Crippen LogP contribution in [0, 0.1) is 11.6 Å². The second-order valence-corrected chi connectivity index (χ2v) is 4.42. The van der Waals surface area contributed by atoms with Crippen LogP contribution in [0.1, 0.15) is 25.3 Å². The van der Waals surface area contributed by atoms with E-state index in [1.807, 2.05) is 13.8 Å². The van der Waals surface area contributed by atoms with Crippen molar-refractivity contribution in [2.24, 2.45) is 5.84 Å². The van der Waals surface area contributed by atoms with E-state index in [0.717, 1.165) is 18.2 Å². The molecule has 1 aromatic carbocycles. The van der Waals surface area contributed by atoms with Gasteiger partial charge in [-0.05, 0) is 18.1 Å². The number of rotatable bonds is 4. The molecule has 0 fully saturated rings. The predicted octanol–water partition coefficient (Wildman–Crippen LogP) is 2.96. The summed E-state index contributed by atoms with van der Waals surface area (Å²) in [5.74, 6) is 4.34. The number of nitrogen functional groups attached to an aromatic ring is 1. The van der Waals surface area contributed by atoms with Gasteiger partial charge in [-0.2, -0.15) is 0 Å². The van der Waals surface area contributed by atoms with Gasteiger partial charge in [0.15, 0.2) is 17.4 Å². The van der Waals surface area contributed by atoms with E-state index < -0.39 is 11.6 Å². The smallest absolute Gasteiger partial charge is 0.228 e. The number of hydrogen-bond donors (Lipinski definition) is 2. The Morgan fingerprint density at radius 3 is 2.65 bits per heavy atom. The minimum absolute atomic E-state index is 0.0196. The molecule has 1 heterocycles. The van der Waals surface area contributed by atoms with Gasteiger partial charge in [0.25, 0.3) is 0 Å². The standard InChI is InChI=1S/C13H14F2N4O/c1-7(2)11-12(19-16)17-6-18-13(11)20-10-5-8(14)3-4-9(10)15/h3-7H,16H2,1-2H3,(H,17,18,19). The fraction of sp³-hybridized carbons (Fsp3) is 0.231. The van der Waals surface area contributed by atoms with Crippen LogP contribution in [0.3, 0.4) is 0 Å². The molecule has 1 aromatic heterocycles. The van der Waals surface area contributed by atoms with Crippen LogP contribution in [0.15, 0.2) is 24.5 Å². The Bertz CT molecular complexity index is 619. The van der Waals surface area contributed by atoms with Gasteiger partial charge >= 0.3 is 0 Å². The van der Waals surface area contributed by atoms with E-state index in [1.165, 1.54) is 6.33 Å². The van der Waals surface area contributed by atoms with E-state index in [2.05, 4.69) is 15.4 Å². The van der Waals surface area contributed by atoms with Crippen LogP contribution < -0.4 is 16.0 Å². The summed E-state index contributed by atoms with van der Waals surface area (Å²) in [6.45, 7) is 3.77. The Morgan fingerprint density at radius 2 is 2.00 bits per heavy atom. The third-order valence-electron chi connectivity index (χ3n) is 2.66. The molecule has 0 bridgehead atoms. The molecule has 0 aliphatic rings. The summed E-state index contributed by atoms with van der Waals surface area (Å²) < 4.78 is 32.1. The molecule has 0 saturated carbocycles. The maximum atomic E-state index is 13.6. The van der Waals surface area contributed by atoms with E-state index in [1.54, 1.807) is 0 Å². The lowest BCUT2D eigenvalue weighted by atomic mass is 10.1. The minimum Gasteiger partial charge on any atom is -0.435 e. The van der Waals surface area contributed by atoms with Gasteiger partial charge in [-0.3, -0.25) is 0 Å². The van der Waals surface area contributed by atoms with Crippen LogP contribution in [0.2, 0.25) is 0 Å². The second-order valence-electron chi connectivity index (χ2n) is 4.42. The first-order valence-corrected chi connectivity index (χ1v) is 5.97. The zero-order chi connectivity index (χ0) is 14.7. The number of aromatic nitrogens is 2. The van der Waals surface area contributed by atoms with Gasteiger partial charge in [0.05, 0.1) is 5.56 Å². The first-order valence-electron chi connectivity index (χ1n) is 5.97. The zero-order valence-corrected chi connectivity index (χ0v) is 11.0. The largest absolute Gasteiger partial charge is 0.435 e. The Morgan fingerprint density at radius 1 is 1.25 bits per heavy atom. The number of benzene rings is 1.